The van der Waals surface area contributed by atoms with E-state index < -0.39 is 11.7 Å². The van der Waals surface area contributed by atoms with Crippen LogP contribution in [0.1, 0.15) is 10.4 Å². The third kappa shape index (κ3) is 1.78. The number of nitrogens with zero attached hydrogens (tertiary/aromatic N) is 2. The first kappa shape index (κ1) is 9.97. The highest BCUT2D eigenvalue weighted by Crippen LogP contribution is 2.28. The Bertz CT molecular complexity index is 509. The number of aromatic hydroxyl groups is 2. The highest BCUT2D eigenvalue weighted by Gasteiger charge is 2.14. The standard InChI is InChI=1S/C9H8N4O3/c14-6-3-1-2-5(7(6)15)8(16)12-9-10-4-11-13-9/h1-4,14-15H,(H2,10,11,12,13,16). The summed E-state index contributed by atoms with van der Waals surface area (Å²) in [4.78, 5) is 15.3. The molecule has 0 saturated carbocycles. The summed E-state index contributed by atoms with van der Waals surface area (Å²) in [6, 6.07) is 4.10. The lowest BCUT2D eigenvalue weighted by atomic mass is 10.2. The van der Waals surface area contributed by atoms with Crippen LogP contribution in [-0.4, -0.2) is 31.3 Å². The van der Waals surface area contributed by atoms with Crippen LogP contribution in [0.25, 0.3) is 0 Å². The number of hydrogen-bond donors (Lipinski definition) is 4. The molecular formula is C9H8N4O3. The predicted octanol–water partition coefficient (Wildman–Crippen LogP) is 0.468. The Labute approximate surface area is 89.8 Å². The first-order valence-corrected chi connectivity index (χ1v) is 4.36. The van der Waals surface area contributed by atoms with Crippen LogP contribution in [0.2, 0.25) is 0 Å². The van der Waals surface area contributed by atoms with E-state index in [2.05, 4.69) is 20.5 Å². The Morgan fingerprint density at radius 3 is 2.88 bits per heavy atom. The summed E-state index contributed by atoms with van der Waals surface area (Å²) in [6.07, 6.45) is 1.23. The summed E-state index contributed by atoms with van der Waals surface area (Å²) in [5.41, 5.74) is -0.0450. The molecule has 0 unspecified atom stereocenters. The van der Waals surface area contributed by atoms with Crippen LogP contribution in [0.4, 0.5) is 5.95 Å². The number of anilines is 1. The maximum Gasteiger partial charge on any atom is 0.261 e. The van der Waals surface area contributed by atoms with Crippen LogP contribution in [0.5, 0.6) is 11.5 Å². The molecule has 1 aromatic heterocycles. The summed E-state index contributed by atoms with van der Waals surface area (Å²) in [5, 5.41) is 27.0. The van der Waals surface area contributed by atoms with E-state index in [-0.39, 0.29) is 17.3 Å². The molecule has 0 aliphatic carbocycles. The average Bonchev–Trinajstić information content (AvgIpc) is 2.74. The second kappa shape index (κ2) is 3.89. The Morgan fingerprint density at radius 1 is 1.38 bits per heavy atom. The molecule has 0 spiro atoms. The molecule has 1 amide bonds. The van der Waals surface area contributed by atoms with E-state index in [1.807, 2.05) is 0 Å². The van der Waals surface area contributed by atoms with Gasteiger partial charge in [0.05, 0.1) is 5.56 Å². The van der Waals surface area contributed by atoms with Crippen LogP contribution >= 0.6 is 0 Å². The number of aromatic nitrogens is 3. The Morgan fingerprint density at radius 2 is 2.19 bits per heavy atom. The number of amides is 1. The van der Waals surface area contributed by atoms with E-state index in [0.717, 1.165) is 0 Å². The van der Waals surface area contributed by atoms with Crippen molar-refractivity contribution in [3.63, 3.8) is 0 Å². The van der Waals surface area contributed by atoms with Crippen LogP contribution in [-0.2, 0) is 0 Å². The molecule has 0 radical (unpaired) electrons. The van der Waals surface area contributed by atoms with Gasteiger partial charge in [-0.2, -0.15) is 10.1 Å². The quantitative estimate of drug-likeness (QED) is 0.549. The first-order chi connectivity index (χ1) is 7.68. The number of carbonyl (C=O) groups excluding carboxylic acids is 1. The number of nitrogens with one attached hydrogen (secondary N) is 2. The maximum absolute atomic E-state index is 11.6. The van der Waals surface area contributed by atoms with Gasteiger partial charge in [0.25, 0.3) is 5.91 Å². The summed E-state index contributed by atoms with van der Waals surface area (Å²) < 4.78 is 0. The average molecular weight is 220 g/mol. The SMILES string of the molecule is O=C(Nc1ncn[nH]1)c1cccc(O)c1O. The molecule has 0 fully saturated rings. The number of phenols is 2. The highest BCUT2D eigenvalue weighted by atomic mass is 16.3. The van der Waals surface area contributed by atoms with Gasteiger partial charge in [-0.3, -0.25) is 10.1 Å². The van der Waals surface area contributed by atoms with Gasteiger partial charge in [-0.15, -0.1) is 0 Å². The van der Waals surface area contributed by atoms with Crippen molar-refractivity contribution in [2.75, 3.05) is 5.32 Å². The Balaban J connectivity index is 2.24. The fraction of sp³-hybridized carbons (Fsp3) is 0. The molecule has 16 heavy (non-hydrogen) atoms. The van der Waals surface area contributed by atoms with E-state index in [1.165, 1.54) is 24.5 Å². The molecule has 7 nitrogen and oxygen atoms in total. The zero-order valence-electron chi connectivity index (χ0n) is 8.01. The third-order valence-electron chi connectivity index (χ3n) is 1.91. The van der Waals surface area contributed by atoms with E-state index in [0.29, 0.717) is 0 Å². The largest absolute Gasteiger partial charge is 0.504 e. The normalized spacial score (nSPS) is 10.0. The van der Waals surface area contributed by atoms with Crippen molar-refractivity contribution < 1.29 is 15.0 Å². The zero-order valence-corrected chi connectivity index (χ0v) is 8.01. The first-order valence-electron chi connectivity index (χ1n) is 4.36. The van der Waals surface area contributed by atoms with Gasteiger partial charge in [0.15, 0.2) is 11.5 Å². The van der Waals surface area contributed by atoms with Crippen molar-refractivity contribution >= 4 is 11.9 Å². The summed E-state index contributed by atoms with van der Waals surface area (Å²) in [6.45, 7) is 0. The van der Waals surface area contributed by atoms with Crippen molar-refractivity contribution in [3.05, 3.63) is 30.1 Å². The molecule has 0 bridgehead atoms. The number of phenolic OH excluding ortho intramolecular Hbond substituents is 2. The zero-order chi connectivity index (χ0) is 11.5. The number of hydrogen-bond acceptors (Lipinski definition) is 5. The van der Waals surface area contributed by atoms with E-state index in [4.69, 9.17) is 0 Å². The fourth-order valence-electron chi connectivity index (χ4n) is 1.16. The van der Waals surface area contributed by atoms with Crippen LogP contribution in [0, 0.1) is 0 Å². The van der Waals surface area contributed by atoms with Gasteiger partial charge in [0, 0.05) is 0 Å². The number of rotatable bonds is 2. The number of carbonyl (C=O) groups is 1. The second-order valence-corrected chi connectivity index (χ2v) is 2.96. The van der Waals surface area contributed by atoms with E-state index in [1.54, 1.807) is 0 Å². The lowest BCUT2D eigenvalue weighted by Gasteiger charge is -2.04. The molecule has 4 N–H and O–H groups in total. The topological polar surface area (TPSA) is 111 Å². The van der Waals surface area contributed by atoms with Crippen molar-refractivity contribution in [2.45, 2.75) is 0 Å². The maximum atomic E-state index is 11.6. The predicted molar refractivity (Wildman–Crippen MR) is 54.1 cm³/mol. The molecule has 1 heterocycles. The Kier molecular flexibility index (Phi) is 2.42. The summed E-state index contributed by atoms with van der Waals surface area (Å²) in [5.74, 6) is -1.26. The van der Waals surface area contributed by atoms with Crippen molar-refractivity contribution in [2.24, 2.45) is 0 Å². The minimum absolute atomic E-state index is 0.0450. The van der Waals surface area contributed by atoms with Gasteiger partial charge >= 0.3 is 0 Å². The number of para-hydroxylation sites is 1. The van der Waals surface area contributed by atoms with Gasteiger partial charge in [-0.1, -0.05) is 6.07 Å². The summed E-state index contributed by atoms with van der Waals surface area (Å²) >= 11 is 0. The van der Waals surface area contributed by atoms with Crippen LogP contribution in [0.3, 0.4) is 0 Å². The number of benzene rings is 1. The van der Waals surface area contributed by atoms with Gasteiger partial charge in [-0.25, -0.2) is 5.10 Å². The van der Waals surface area contributed by atoms with E-state index >= 15 is 0 Å². The molecule has 1 aromatic carbocycles. The molecular weight excluding hydrogens is 212 g/mol. The fourth-order valence-corrected chi connectivity index (χ4v) is 1.16. The molecule has 2 aromatic rings. The Hall–Kier alpha value is -2.57. The van der Waals surface area contributed by atoms with Crippen molar-refractivity contribution in [3.8, 4) is 11.5 Å². The van der Waals surface area contributed by atoms with Gasteiger partial charge in [0.1, 0.15) is 6.33 Å². The third-order valence-corrected chi connectivity index (χ3v) is 1.91. The monoisotopic (exact) mass is 220 g/mol. The smallest absolute Gasteiger partial charge is 0.261 e. The van der Waals surface area contributed by atoms with Crippen LogP contribution in [0.15, 0.2) is 24.5 Å². The number of aromatic amines is 1. The van der Waals surface area contributed by atoms with Crippen molar-refractivity contribution in [1.82, 2.24) is 15.2 Å². The van der Waals surface area contributed by atoms with Crippen molar-refractivity contribution in [1.29, 1.82) is 0 Å². The lowest BCUT2D eigenvalue weighted by Crippen LogP contribution is -2.13. The molecule has 0 atom stereocenters. The molecule has 2 rings (SSSR count). The molecule has 82 valence electrons. The minimum Gasteiger partial charge on any atom is -0.504 e. The lowest BCUT2D eigenvalue weighted by molar-refractivity contribution is 0.102. The molecule has 0 aliphatic rings. The minimum atomic E-state index is -0.592. The second-order valence-electron chi connectivity index (χ2n) is 2.96. The van der Waals surface area contributed by atoms with Gasteiger partial charge < -0.3 is 10.2 Å². The van der Waals surface area contributed by atoms with Gasteiger partial charge in [-0.05, 0) is 12.1 Å². The summed E-state index contributed by atoms with van der Waals surface area (Å²) in [7, 11) is 0. The van der Waals surface area contributed by atoms with Gasteiger partial charge in [0.2, 0.25) is 5.95 Å². The number of H-pyrrole nitrogens is 1. The molecule has 0 saturated heterocycles. The molecule has 0 aliphatic heterocycles. The molecule has 7 heteroatoms. The van der Waals surface area contributed by atoms with Crippen LogP contribution < -0.4 is 5.32 Å². The highest BCUT2D eigenvalue weighted by molar-refractivity contribution is 6.05. The van der Waals surface area contributed by atoms with E-state index in [9.17, 15) is 15.0 Å².